The average Bonchev–Trinajstić information content (AvgIpc) is 2.19. The normalized spacial score (nSPS) is 12.4. The molecule has 10 heteroatoms. The molecule has 0 fully saturated rings. The van der Waals surface area contributed by atoms with E-state index in [9.17, 15) is 35.9 Å². The van der Waals surface area contributed by atoms with Crippen molar-refractivity contribution in [2.75, 3.05) is 13.2 Å². The number of carbonyl (C=O) groups is 2. The molecular weight excluding hydrogens is 274 g/mol. The summed E-state index contributed by atoms with van der Waals surface area (Å²) in [6, 6.07) is 0. The van der Waals surface area contributed by atoms with Crippen LogP contribution in [0.3, 0.4) is 0 Å². The van der Waals surface area contributed by atoms with E-state index in [0.717, 1.165) is 6.92 Å². The van der Waals surface area contributed by atoms with Gasteiger partial charge in [0, 0.05) is 0 Å². The highest BCUT2D eigenvalue weighted by atomic mass is 19.4. The molecule has 0 aliphatic rings. The summed E-state index contributed by atoms with van der Waals surface area (Å²) >= 11 is 0. The molecule has 0 bridgehead atoms. The fraction of sp³-hybridized carbons (Fsp3) is 0.750. The van der Waals surface area contributed by atoms with E-state index in [1.54, 1.807) is 0 Å². The number of alkyl halides is 6. The fourth-order valence-corrected chi connectivity index (χ4v) is 0.652. The van der Waals surface area contributed by atoms with Crippen LogP contribution in [0.1, 0.15) is 6.92 Å². The van der Waals surface area contributed by atoms with E-state index in [1.807, 2.05) is 0 Å². The van der Waals surface area contributed by atoms with Crippen LogP contribution in [0.4, 0.5) is 26.3 Å². The molecule has 0 atom stereocenters. The van der Waals surface area contributed by atoms with Gasteiger partial charge in [0.1, 0.15) is 0 Å². The molecule has 0 radical (unpaired) electrons. The van der Waals surface area contributed by atoms with Crippen molar-refractivity contribution in [1.29, 1.82) is 0 Å². The summed E-state index contributed by atoms with van der Waals surface area (Å²) in [5.41, 5.74) is 0. The first-order chi connectivity index (χ1) is 7.92. The molecule has 0 rings (SSSR count). The van der Waals surface area contributed by atoms with Crippen molar-refractivity contribution in [1.82, 2.24) is 0 Å². The number of rotatable bonds is 4. The van der Waals surface area contributed by atoms with Gasteiger partial charge in [-0.05, 0) is 6.92 Å². The zero-order valence-electron chi connectivity index (χ0n) is 8.89. The van der Waals surface area contributed by atoms with E-state index in [0.29, 0.717) is 0 Å². The molecular formula is C8H8F6O4. The third-order valence-corrected chi connectivity index (χ3v) is 1.46. The molecule has 0 saturated carbocycles. The third-order valence-electron chi connectivity index (χ3n) is 1.46. The van der Waals surface area contributed by atoms with Crippen LogP contribution in [0.5, 0.6) is 0 Å². The summed E-state index contributed by atoms with van der Waals surface area (Å²) in [5.74, 6) is -5.09. The zero-order chi connectivity index (χ0) is 14.6. The largest absolute Gasteiger partial charge is 0.455 e. The van der Waals surface area contributed by atoms with E-state index in [4.69, 9.17) is 0 Å². The van der Waals surface area contributed by atoms with E-state index in [-0.39, 0.29) is 0 Å². The summed E-state index contributed by atoms with van der Waals surface area (Å²) in [6.07, 6.45) is -9.57. The van der Waals surface area contributed by atoms with Crippen LogP contribution in [-0.2, 0) is 19.1 Å². The number of esters is 2. The number of ether oxygens (including phenoxy) is 2. The molecule has 0 heterocycles. The van der Waals surface area contributed by atoms with Crippen LogP contribution in [0.25, 0.3) is 0 Å². The number of hydrogen-bond acceptors (Lipinski definition) is 4. The van der Waals surface area contributed by atoms with Gasteiger partial charge in [0.15, 0.2) is 19.1 Å². The van der Waals surface area contributed by atoms with Crippen molar-refractivity contribution >= 4 is 11.9 Å². The summed E-state index contributed by atoms with van der Waals surface area (Å²) in [7, 11) is 0. The Labute approximate surface area is 96.8 Å². The van der Waals surface area contributed by atoms with Gasteiger partial charge in [0.05, 0.1) is 0 Å². The predicted octanol–water partition coefficient (Wildman–Crippen LogP) is 1.83. The first-order valence-corrected chi connectivity index (χ1v) is 4.39. The van der Waals surface area contributed by atoms with Crippen LogP contribution in [0.15, 0.2) is 0 Å². The number of carbonyl (C=O) groups excluding carboxylic acids is 2. The number of hydrogen-bond donors (Lipinski definition) is 0. The Hall–Kier alpha value is -1.48. The van der Waals surface area contributed by atoms with Gasteiger partial charge in [-0.1, -0.05) is 0 Å². The second kappa shape index (κ2) is 5.91. The minimum Gasteiger partial charge on any atom is -0.455 e. The molecule has 0 aromatic rings. The minimum atomic E-state index is -4.79. The minimum absolute atomic E-state index is 0.775. The molecule has 0 aromatic heterocycles. The Morgan fingerprint density at radius 2 is 1.17 bits per heavy atom. The summed E-state index contributed by atoms with van der Waals surface area (Å²) in [4.78, 5) is 21.7. The lowest BCUT2D eigenvalue weighted by molar-refractivity contribution is -0.198. The van der Waals surface area contributed by atoms with Crippen molar-refractivity contribution in [3.05, 3.63) is 0 Å². The Balaban J connectivity index is 4.17. The van der Waals surface area contributed by atoms with Gasteiger partial charge in [0.2, 0.25) is 0 Å². The van der Waals surface area contributed by atoms with E-state index < -0.39 is 43.4 Å². The van der Waals surface area contributed by atoms with Gasteiger partial charge < -0.3 is 9.47 Å². The third kappa shape index (κ3) is 7.74. The van der Waals surface area contributed by atoms with Crippen molar-refractivity contribution in [2.24, 2.45) is 5.92 Å². The van der Waals surface area contributed by atoms with Gasteiger partial charge in [-0.2, -0.15) is 26.3 Å². The van der Waals surface area contributed by atoms with Crippen LogP contribution < -0.4 is 0 Å². The monoisotopic (exact) mass is 282 g/mol. The first-order valence-electron chi connectivity index (χ1n) is 4.39. The smallest absolute Gasteiger partial charge is 0.422 e. The van der Waals surface area contributed by atoms with E-state index >= 15 is 0 Å². The molecule has 0 amide bonds. The zero-order valence-corrected chi connectivity index (χ0v) is 8.89. The molecule has 0 aliphatic heterocycles. The highest BCUT2D eigenvalue weighted by Crippen LogP contribution is 2.17. The lowest BCUT2D eigenvalue weighted by atomic mass is 10.2. The topological polar surface area (TPSA) is 52.6 Å². The highest BCUT2D eigenvalue weighted by Gasteiger charge is 2.35. The SMILES string of the molecule is CC(C(=O)OCC(F)(F)F)C(=O)OCC(F)(F)F. The average molecular weight is 282 g/mol. The molecule has 0 saturated heterocycles. The maximum Gasteiger partial charge on any atom is 0.422 e. The molecule has 0 N–H and O–H groups in total. The Morgan fingerprint density at radius 1 is 0.889 bits per heavy atom. The summed E-state index contributed by atoms with van der Waals surface area (Å²) < 4.78 is 77.2. The molecule has 106 valence electrons. The van der Waals surface area contributed by atoms with Crippen LogP contribution >= 0.6 is 0 Å². The maximum atomic E-state index is 11.6. The quantitative estimate of drug-likeness (QED) is 0.448. The van der Waals surface area contributed by atoms with E-state index in [2.05, 4.69) is 9.47 Å². The standard InChI is InChI=1S/C8H8F6O4/c1-4(5(15)17-2-7(9,10)11)6(16)18-3-8(12,13)14/h4H,2-3H2,1H3. The fourth-order valence-electron chi connectivity index (χ4n) is 0.652. The molecule has 18 heavy (non-hydrogen) atoms. The van der Waals surface area contributed by atoms with E-state index in [1.165, 1.54) is 0 Å². The summed E-state index contributed by atoms with van der Waals surface area (Å²) in [6.45, 7) is -3.08. The first kappa shape index (κ1) is 16.5. The Kier molecular flexibility index (Phi) is 5.43. The van der Waals surface area contributed by atoms with Crippen molar-refractivity contribution in [2.45, 2.75) is 19.3 Å². The van der Waals surface area contributed by atoms with Crippen molar-refractivity contribution in [3.8, 4) is 0 Å². The maximum absolute atomic E-state index is 11.6. The molecule has 0 aromatic carbocycles. The molecule has 4 nitrogen and oxygen atoms in total. The van der Waals surface area contributed by atoms with Crippen LogP contribution in [0.2, 0.25) is 0 Å². The summed E-state index contributed by atoms with van der Waals surface area (Å²) in [5, 5.41) is 0. The number of halogens is 6. The van der Waals surface area contributed by atoms with Crippen molar-refractivity contribution in [3.63, 3.8) is 0 Å². The molecule has 0 aliphatic carbocycles. The second-order valence-corrected chi connectivity index (χ2v) is 3.17. The predicted molar refractivity (Wildman–Crippen MR) is 43.2 cm³/mol. The lowest BCUT2D eigenvalue weighted by Crippen LogP contribution is -2.31. The Bertz CT molecular complexity index is 278. The lowest BCUT2D eigenvalue weighted by Gasteiger charge is -2.13. The Morgan fingerprint density at radius 3 is 1.39 bits per heavy atom. The van der Waals surface area contributed by atoms with Crippen molar-refractivity contribution < 1.29 is 45.4 Å². The van der Waals surface area contributed by atoms with Crippen LogP contribution in [-0.4, -0.2) is 37.5 Å². The molecule has 0 spiro atoms. The van der Waals surface area contributed by atoms with Gasteiger partial charge in [-0.15, -0.1) is 0 Å². The van der Waals surface area contributed by atoms with Crippen LogP contribution in [0, 0.1) is 5.92 Å². The van der Waals surface area contributed by atoms with Gasteiger partial charge in [-0.25, -0.2) is 0 Å². The van der Waals surface area contributed by atoms with Gasteiger partial charge >= 0.3 is 24.3 Å². The highest BCUT2D eigenvalue weighted by molar-refractivity contribution is 5.94. The second-order valence-electron chi connectivity index (χ2n) is 3.17. The molecule has 0 unspecified atom stereocenters. The van der Waals surface area contributed by atoms with Gasteiger partial charge in [0.25, 0.3) is 0 Å². The van der Waals surface area contributed by atoms with Gasteiger partial charge in [-0.3, -0.25) is 9.59 Å².